The molecule has 0 heterocycles. The van der Waals surface area contributed by atoms with E-state index in [1.807, 2.05) is 24.3 Å². The molecule has 0 bridgehead atoms. The molecule has 0 aliphatic carbocycles. The van der Waals surface area contributed by atoms with Gasteiger partial charge >= 0.3 is 0 Å². The number of amides is 1. The van der Waals surface area contributed by atoms with Crippen molar-refractivity contribution in [3.8, 4) is 0 Å². The zero-order chi connectivity index (χ0) is 12.8. The smallest absolute Gasteiger partial charge is 0.221 e. The molecule has 0 saturated heterocycles. The molecule has 17 heavy (non-hydrogen) atoms. The average molecular weight is 234 g/mol. The number of primary amides is 1. The Bertz CT molecular complexity index is 376. The lowest BCUT2D eigenvalue weighted by molar-refractivity contribution is -0.117. The van der Waals surface area contributed by atoms with Crippen molar-refractivity contribution in [2.24, 2.45) is 11.7 Å². The Morgan fingerprint density at radius 2 is 2.00 bits per heavy atom. The molecule has 0 aromatic heterocycles. The first-order chi connectivity index (χ1) is 8.04. The monoisotopic (exact) mass is 234 g/mol. The van der Waals surface area contributed by atoms with Gasteiger partial charge in [-0.15, -0.1) is 0 Å². The molecule has 0 spiro atoms. The maximum absolute atomic E-state index is 11.0. The summed E-state index contributed by atoms with van der Waals surface area (Å²) in [6.07, 6.45) is 1.42. The van der Waals surface area contributed by atoms with Crippen molar-refractivity contribution in [3.63, 3.8) is 0 Å². The molecule has 1 aromatic carbocycles. The van der Waals surface area contributed by atoms with Crippen molar-refractivity contribution >= 4 is 11.6 Å². The molecule has 2 unspecified atom stereocenters. The van der Waals surface area contributed by atoms with Crippen LogP contribution in [0, 0.1) is 5.92 Å². The van der Waals surface area contributed by atoms with Crippen molar-refractivity contribution < 1.29 is 4.79 Å². The number of carbonyl (C=O) groups excluding carboxylic acids is 1. The van der Waals surface area contributed by atoms with E-state index in [0.717, 1.165) is 17.7 Å². The molecular formula is C14H22N2O. The highest BCUT2D eigenvalue weighted by Crippen LogP contribution is 2.19. The van der Waals surface area contributed by atoms with Crippen molar-refractivity contribution in [2.75, 3.05) is 5.32 Å². The van der Waals surface area contributed by atoms with Crippen LogP contribution in [-0.4, -0.2) is 11.9 Å². The Kier molecular flexibility index (Phi) is 5.01. The number of hydrogen-bond donors (Lipinski definition) is 2. The fourth-order valence-corrected chi connectivity index (χ4v) is 1.74. The quantitative estimate of drug-likeness (QED) is 0.794. The zero-order valence-corrected chi connectivity index (χ0v) is 10.9. The minimum absolute atomic E-state index is 0.288. The third-order valence-electron chi connectivity index (χ3n) is 3.26. The van der Waals surface area contributed by atoms with Gasteiger partial charge in [0.1, 0.15) is 0 Å². The Balaban J connectivity index is 2.79. The second-order valence-electron chi connectivity index (χ2n) is 4.62. The van der Waals surface area contributed by atoms with E-state index in [0.29, 0.717) is 12.0 Å². The third kappa shape index (κ3) is 4.10. The number of nitrogens with two attached hydrogens (primary N) is 1. The van der Waals surface area contributed by atoms with Gasteiger partial charge in [-0.1, -0.05) is 38.5 Å². The summed E-state index contributed by atoms with van der Waals surface area (Å²) in [4.78, 5) is 11.0. The van der Waals surface area contributed by atoms with Gasteiger partial charge in [0.25, 0.3) is 0 Å². The molecule has 1 rings (SSSR count). The largest absolute Gasteiger partial charge is 0.382 e. The van der Waals surface area contributed by atoms with E-state index < -0.39 is 0 Å². The zero-order valence-electron chi connectivity index (χ0n) is 10.9. The van der Waals surface area contributed by atoms with Gasteiger partial charge in [-0.3, -0.25) is 4.79 Å². The molecule has 0 radical (unpaired) electrons. The van der Waals surface area contributed by atoms with Crippen LogP contribution in [0.5, 0.6) is 0 Å². The molecule has 94 valence electrons. The summed E-state index contributed by atoms with van der Waals surface area (Å²) in [5.74, 6) is 0.298. The van der Waals surface area contributed by atoms with Crippen LogP contribution in [0.25, 0.3) is 0 Å². The van der Waals surface area contributed by atoms with Crippen LogP contribution in [-0.2, 0) is 11.2 Å². The molecular weight excluding hydrogens is 212 g/mol. The van der Waals surface area contributed by atoms with E-state index in [2.05, 4.69) is 26.1 Å². The van der Waals surface area contributed by atoms with Crippen LogP contribution < -0.4 is 11.1 Å². The third-order valence-corrected chi connectivity index (χ3v) is 3.26. The molecule has 3 heteroatoms. The van der Waals surface area contributed by atoms with Crippen molar-refractivity contribution in [1.29, 1.82) is 0 Å². The first-order valence-electron chi connectivity index (χ1n) is 6.17. The summed E-state index contributed by atoms with van der Waals surface area (Å²) in [7, 11) is 0. The summed E-state index contributed by atoms with van der Waals surface area (Å²) >= 11 is 0. The molecule has 1 aromatic rings. The van der Waals surface area contributed by atoms with E-state index in [1.165, 1.54) is 0 Å². The van der Waals surface area contributed by atoms with Crippen molar-refractivity contribution in [1.82, 2.24) is 0 Å². The highest BCUT2D eigenvalue weighted by atomic mass is 16.1. The van der Waals surface area contributed by atoms with Crippen LogP contribution in [0.3, 0.4) is 0 Å². The highest BCUT2D eigenvalue weighted by molar-refractivity contribution is 5.78. The minimum Gasteiger partial charge on any atom is -0.382 e. The first-order valence-corrected chi connectivity index (χ1v) is 6.17. The number of nitrogens with one attached hydrogen (secondary N) is 1. The number of carbonyl (C=O) groups is 1. The maximum Gasteiger partial charge on any atom is 0.221 e. The number of hydrogen-bond acceptors (Lipinski definition) is 2. The van der Waals surface area contributed by atoms with Gasteiger partial charge < -0.3 is 11.1 Å². The van der Waals surface area contributed by atoms with Gasteiger partial charge in [0.05, 0.1) is 6.42 Å². The Morgan fingerprint density at radius 1 is 1.35 bits per heavy atom. The first kappa shape index (κ1) is 13.6. The molecule has 3 N–H and O–H groups in total. The van der Waals surface area contributed by atoms with E-state index >= 15 is 0 Å². The lowest BCUT2D eigenvalue weighted by Crippen LogP contribution is -2.24. The van der Waals surface area contributed by atoms with Crippen LogP contribution >= 0.6 is 0 Å². The minimum atomic E-state index is -0.296. The van der Waals surface area contributed by atoms with Crippen LogP contribution in [0.15, 0.2) is 24.3 Å². The van der Waals surface area contributed by atoms with Gasteiger partial charge in [-0.2, -0.15) is 0 Å². The van der Waals surface area contributed by atoms with Crippen molar-refractivity contribution in [2.45, 2.75) is 39.7 Å². The molecule has 0 aliphatic rings. The lowest BCUT2D eigenvalue weighted by Gasteiger charge is -2.22. The molecule has 0 saturated carbocycles. The predicted octanol–water partition coefficient (Wildman–Crippen LogP) is 2.56. The second kappa shape index (κ2) is 6.28. The summed E-state index contributed by atoms with van der Waals surface area (Å²) in [6.45, 7) is 6.56. The topological polar surface area (TPSA) is 55.1 Å². The number of para-hydroxylation sites is 1. The average Bonchev–Trinajstić information content (AvgIpc) is 2.29. The fraction of sp³-hybridized carbons (Fsp3) is 0.500. The highest BCUT2D eigenvalue weighted by Gasteiger charge is 2.12. The van der Waals surface area contributed by atoms with Crippen LogP contribution in [0.4, 0.5) is 5.69 Å². The molecule has 2 atom stereocenters. The van der Waals surface area contributed by atoms with Gasteiger partial charge in [-0.05, 0) is 24.5 Å². The second-order valence-corrected chi connectivity index (χ2v) is 4.62. The molecule has 3 nitrogen and oxygen atoms in total. The summed E-state index contributed by atoms with van der Waals surface area (Å²) in [6, 6.07) is 8.22. The van der Waals surface area contributed by atoms with E-state index in [9.17, 15) is 4.79 Å². The summed E-state index contributed by atoms with van der Waals surface area (Å²) < 4.78 is 0. The predicted molar refractivity (Wildman–Crippen MR) is 71.9 cm³/mol. The van der Waals surface area contributed by atoms with E-state index in [-0.39, 0.29) is 12.3 Å². The number of anilines is 1. The lowest BCUT2D eigenvalue weighted by atomic mass is 9.99. The molecule has 1 amide bonds. The van der Waals surface area contributed by atoms with Crippen molar-refractivity contribution in [3.05, 3.63) is 29.8 Å². The standard InChI is InChI=1S/C14H22N2O/c1-4-10(2)11(3)16-13-8-6-5-7-12(13)9-14(15)17/h5-8,10-11,16H,4,9H2,1-3H3,(H2,15,17). The Labute approximate surface area is 103 Å². The molecule has 0 fully saturated rings. The SMILES string of the molecule is CCC(C)C(C)Nc1ccccc1CC(N)=O. The van der Waals surface area contributed by atoms with Gasteiger partial charge in [0.15, 0.2) is 0 Å². The fourth-order valence-electron chi connectivity index (χ4n) is 1.74. The Hall–Kier alpha value is -1.51. The summed E-state index contributed by atoms with van der Waals surface area (Å²) in [5, 5.41) is 3.46. The van der Waals surface area contributed by atoms with Crippen LogP contribution in [0.1, 0.15) is 32.8 Å². The van der Waals surface area contributed by atoms with Gasteiger partial charge in [0, 0.05) is 11.7 Å². The summed E-state index contributed by atoms with van der Waals surface area (Å²) in [5.41, 5.74) is 7.22. The number of benzene rings is 1. The van der Waals surface area contributed by atoms with Crippen LogP contribution in [0.2, 0.25) is 0 Å². The molecule has 0 aliphatic heterocycles. The number of rotatable bonds is 6. The van der Waals surface area contributed by atoms with Gasteiger partial charge in [-0.25, -0.2) is 0 Å². The Morgan fingerprint density at radius 3 is 2.59 bits per heavy atom. The normalized spacial score (nSPS) is 14.1. The van der Waals surface area contributed by atoms with E-state index in [1.54, 1.807) is 0 Å². The van der Waals surface area contributed by atoms with Gasteiger partial charge in [0.2, 0.25) is 5.91 Å². The van der Waals surface area contributed by atoms with E-state index in [4.69, 9.17) is 5.73 Å². The maximum atomic E-state index is 11.0.